The minimum absolute atomic E-state index is 1.06. The fraction of sp³-hybridized carbons (Fsp3) is 0.462. The first-order chi connectivity index (χ1) is 14.3. The summed E-state index contributed by atoms with van der Waals surface area (Å²) in [6.07, 6.45) is 15.2. The van der Waals surface area contributed by atoms with Gasteiger partial charge in [0, 0.05) is 54.3 Å². The normalized spacial score (nSPS) is 14.0. The molecule has 0 unspecified atom stereocenters. The number of aromatic nitrogens is 1. The Kier molecular flexibility index (Phi) is 6.76. The van der Waals surface area contributed by atoms with Crippen LogP contribution in [0.3, 0.4) is 0 Å². The van der Waals surface area contributed by atoms with Gasteiger partial charge in [-0.25, -0.2) is 0 Å². The number of unbranched alkanes of at least 4 members (excludes halogenated alkanes) is 7. The molecular weight excluding hydrogens is 354 g/mol. The number of nitrogens with zero attached hydrogens (tertiary/aromatic N) is 3. The third-order valence-corrected chi connectivity index (χ3v) is 6.19. The summed E-state index contributed by atoms with van der Waals surface area (Å²) >= 11 is 0. The number of hydrogen-bond acceptors (Lipinski definition) is 2. The Bertz CT molecular complexity index is 886. The van der Waals surface area contributed by atoms with Crippen LogP contribution in [0.4, 0.5) is 0 Å². The van der Waals surface area contributed by atoms with Gasteiger partial charge < -0.3 is 14.4 Å². The third-order valence-electron chi connectivity index (χ3n) is 6.19. The molecule has 0 radical (unpaired) electrons. The van der Waals surface area contributed by atoms with E-state index in [9.17, 15) is 0 Å². The monoisotopic (exact) mass is 389 g/mol. The van der Waals surface area contributed by atoms with Gasteiger partial charge in [-0.05, 0) is 25.0 Å². The zero-order chi connectivity index (χ0) is 19.9. The quantitative estimate of drug-likeness (QED) is 0.343. The topological polar surface area (TPSA) is 11.4 Å². The molecule has 0 amide bonds. The van der Waals surface area contributed by atoms with Gasteiger partial charge in [-0.15, -0.1) is 0 Å². The van der Waals surface area contributed by atoms with Crippen molar-refractivity contribution in [1.82, 2.24) is 14.4 Å². The molecule has 3 nitrogen and oxygen atoms in total. The fourth-order valence-electron chi connectivity index (χ4n) is 4.62. The predicted molar refractivity (Wildman–Crippen MR) is 125 cm³/mol. The number of hydrogen-bond donors (Lipinski definition) is 0. The maximum Gasteiger partial charge on any atom is 0.0890 e. The molecule has 1 aromatic heterocycles. The molecule has 0 spiro atoms. The zero-order valence-corrected chi connectivity index (χ0v) is 17.9. The van der Waals surface area contributed by atoms with E-state index in [2.05, 4.69) is 82.3 Å². The van der Waals surface area contributed by atoms with Crippen LogP contribution in [0.5, 0.6) is 0 Å². The molecule has 3 heteroatoms. The standard InChI is InChI=1S/C26H35N3/c1-27-20-21-28(22-27)18-12-6-4-2-3-5-7-13-19-29-25-16-10-8-14-23(25)24-15-9-11-17-26(24)29/h8-11,14-17,20-21H,2-7,12-13,18-19,22H2,1H3. The van der Waals surface area contributed by atoms with Crippen molar-refractivity contribution in [3.8, 4) is 0 Å². The van der Waals surface area contributed by atoms with Gasteiger partial charge in [-0.2, -0.15) is 0 Å². The van der Waals surface area contributed by atoms with E-state index < -0.39 is 0 Å². The molecule has 0 aliphatic carbocycles. The predicted octanol–water partition coefficient (Wildman–Crippen LogP) is 6.59. The van der Waals surface area contributed by atoms with Crippen LogP contribution in [-0.4, -0.2) is 34.6 Å². The van der Waals surface area contributed by atoms with E-state index in [0.717, 1.165) is 13.2 Å². The molecule has 0 saturated carbocycles. The molecular formula is C26H35N3. The third kappa shape index (κ3) is 4.95. The lowest BCUT2D eigenvalue weighted by molar-refractivity contribution is 0.290. The molecule has 2 heterocycles. The first-order valence-corrected chi connectivity index (χ1v) is 11.4. The van der Waals surface area contributed by atoms with E-state index in [1.165, 1.54) is 79.7 Å². The van der Waals surface area contributed by atoms with Gasteiger partial charge in [0.25, 0.3) is 0 Å². The molecule has 1 aliphatic heterocycles. The molecule has 1 aliphatic rings. The smallest absolute Gasteiger partial charge is 0.0890 e. The van der Waals surface area contributed by atoms with E-state index in [-0.39, 0.29) is 0 Å². The lowest BCUT2D eigenvalue weighted by Crippen LogP contribution is -2.23. The van der Waals surface area contributed by atoms with Crippen LogP contribution in [0.15, 0.2) is 60.9 Å². The highest BCUT2D eigenvalue weighted by Gasteiger charge is 2.09. The van der Waals surface area contributed by atoms with Crippen molar-refractivity contribution < 1.29 is 0 Å². The van der Waals surface area contributed by atoms with E-state index in [0.29, 0.717) is 0 Å². The van der Waals surface area contributed by atoms with E-state index in [4.69, 9.17) is 0 Å². The Morgan fingerprint density at radius 2 is 1.14 bits per heavy atom. The first-order valence-electron chi connectivity index (χ1n) is 11.4. The lowest BCUT2D eigenvalue weighted by atomic mass is 10.1. The maximum atomic E-state index is 2.52. The average Bonchev–Trinajstić information content (AvgIpc) is 3.31. The van der Waals surface area contributed by atoms with Crippen LogP contribution in [-0.2, 0) is 6.54 Å². The zero-order valence-electron chi connectivity index (χ0n) is 17.9. The molecule has 2 aromatic carbocycles. The van der Waals surface area contributed by atoms with Gasteiger partial charge >= 0.3 is 0 Å². The number of aryl methyl sites for hydroxylation is 1. The summed E-state index contributed by atoms with van der Waals surface area (Å²) in [6.45, 7) is 3.40. The Balaban J connectivity index is 1.13. The molecule has 4 rings (SSSR count). The van der Waals surface area contributed by atoms with Gasteiger partial charge in [0.15, 0.2) is 0 Å². The van der Waals surface area contributed by atoms with Crippen LogP contribution < -0.4 is 0 Å². The number of fused-ring (bicyclic) bond motifs is 3. The van der Waals surface area contributed by atoms with E-state index in [1.807, 2.05) is 0 Å². The summed E-state index contributed by atoms with van der Waals surface area (Å²) in [4.78, 5) is 4.65. The van der Waals surface area contributed by atoms with Crippen LogP contribution in [0, 0.1) is 0 Å². The second-order valence-electron chi connectivity index (χ2n) is 8.52. The van der Waals surface area contributed by atoms with Crippen molar-refractivity contribution in [1.29, 1.82) is 0 Å². The molecule has 0 atom stereocenters. The average molecular weight is 390 g/mol. The highest BCUT2D eigenvalue weighted by Crippen LogP contribution is 2.29. The minimum Gasteiger partial charge on any atom is -0.362 e. The van der Waals surface area contributed by atoms with Crippen molar-refractivity contribution in [3.63, 3.8) is 0 Å². The summed E-state index contributed by atoms with van der Waals surface area (Å²) in [5.74, 6) is 0. The van der Waals surface area contributed by atoms with Gasteiger partial charge in [-0.3, -0.25) is 0 Å². The summed E-state index contributed by atoms with van der Waals surface area (Å²) in [5.41, 5.74) is 2.76. The van der Waals surface area contributed by atoms with Crippen LogP contribution in [0.1, 0.15) is 51.4 Å². The Morgan fingerprint density at radius 1 is 0.621 bits per heavy atom. The summed E-state index contributed by atoms with van der Waals surface area (Å²) in [7, 11) is 2.14. The lowest BCUT2D eigenvalue weighted by Gasteiger charge is -2.17. The molecule has 0 N–H and O–H groups in total. The second kappa shape index (κ2) is 9.87. The molecule has 3 aromatic rings. The van der Waals surface area contributed by atoms with Crippen molar-refractivity contribution in [2.75, 3.05) is 20.3 Å². The Labute approximate surface area is 175 Å². The van der Waals surface area contributed by atoms with E-state index in [1.54, 1.807) is 0 Å². The van der Waals surface area contributed by atoms with Crippen molar-refractivity contribution in [2.24, 2.45) is 0 Å². The van der Waals surface area contributed by atoms with Gasteiger partial charge in [0.1, 0.15) is 0 Å². The minimum atomic E-state index is 1.06. The number of benzene rings is 2. The molecule has 29 heavy (non-hydrogen) atoms. The van der Waals surface area contributed by atoms with Crippen LogP contribution >= 0.6 is 0 Å². The van der Waals surface area contributed by atoms with Crippen molar-refractivity contribution >= 4 is 21.8 Å². The Morgan fingerprint density at radius 3 is 1.69 bits per heavy atom. The largest absolute Gasteiger partial charge is 0.362 e. The SMILES string of the molecule is CN1C=CN(CCCCCCCCCCn2c3ccccc3c3ccccc32)C1. The first kappa shape index (κ1) is 19.9. The number of rotatable bonds is 11. The molecule has 154 valence electrons. The highest BCUT2D eigenvalue weighted by molar-refractivity contribution is 6.07. The second-order valence-corrected chi connectivity index (χ2v) is 8.52. The maximum absolute atomic E-state index is 2.52. The summed E-state index contributed by atoms with van der Waals surface area (Å²) in [6, 6.07) is 17.7. The fourth-order valence-corrected chi connectivity index (χ4v) is 4.62. The Hall–Kier alpha value is -2.42. The summed E-state index contributed by atoms with van der Waals surface area (Å²) in [5, 5.41) is 2.78. The van der Waals surface area contributed by atoms with Gasteiger partial charge in [0.05, 0.1) is 6.67 Å². The van der Waals surface area contributed by atoms with Gasteiger partial charge in [-0.1, -0.05) is 74.9 Å². The molecule has 0 fully saturated rings. The van der Waals surface area contributed by atoms with Crippen molar-refractivity contribution in [2.45, 2.75) is 57.9 Å². The van der Waals surface area contributed by atoms with Gasteiger partial charge in [0.2, 0.25) is 0 Å². The van der Waals surface area contributed by atoms with Crippen molar-refractivity contribution in [3.05, 3.63) is 60.9 Å². The molecule has 0 saturated heterocycles. The highest BCUT2D eigenvalue weighted by atomic mass is 15.3. The van der Waals surface area contributed by atoms with Crippen LogP contribution in [0.25, 0.3) is 21.8 Å². The van der Waals surface area contributed by atoms with E-state index >= 15 is 0 Å². The molecule has 0 bridgehead atoms. The summed E-state index contributed by atoms with van der Waals surface area (Å²) < 4.78 is 2.52. The number of para-hydroxylation sites is 2. The van der Waals surface area contributed by atoms with Crippen LogP contribution in [0.2, 0.25) is 0 Å².